The molecule has 0 aliphatic heterocycles. The highest BCUT2D eigenvalue weighted by molar-refractivity contribution is 5.38. The van der Waals surface area contributed by atoms with Crippen LogP contribution < -0.4 is 0 Å². The summed E-state index contributed by atoms with van der Waals surface area (Å²) in [5, 5.41) is 10.5. The minimum absolute atomic E-state index is 0.0816. The van der Waals surface area contributed by atoms with Gasteiger partial charge in [0, 0.05) is 0 Å². The lowest BCUT2D eigenvalue weighted by molar-refractivity contribution is -0.0296. The van der Waals surface area contributed by atoms with Gasteiger partial charge in [0.2, 0.25) is 0 Å². The number of allylic oxidation sites excluding steroid dienone is 5. The lowest BCUT2D eigenvalue weighted by atomic mass is 9.55. The van der Waals surface area contributed by atoms with E-state index in [0.717, 1.165) is 25.4 Å². The summed E-state index contributed by atoms with van der Waals surface area (Å²) in [6.45, 7) is 7.21. The van der Waals surface area contributed by atoms with Crippen LogP contribution in [0.25, 0.3) is 0 Å². The summed E-state index contributed by atoms with van der Waals surface area (Å²) in [6.07, 6.45) is 15.5. The zero-order valence-electron chi connectivity index (χ0n) is 14.9. The Morgan fingerprint density at radius 3 is 2.78 bits per heavy atom. The van der Waals surface area contributed by atoms with Gasteiger partial charge in [0.05, 0.1) is 19.0 Å². The van der Waals surface area contributed by atoms with Crippen molar-refractivity contribution in [3.8, 4) is 0 Å². The van der Waals surface area contributed by atoms with Gasteiger partial charge in [-0.2, -0.15) is 0 Å². The summed E-state index contributed by atoms with van der Waals surface area (Å²) in [4.78, 5) is 0. The van der Waals surface area contributed by atoms with Crippen LogP contribution in [0.5, 0.6) is 0 Å². The van der Waals surface area contributed by atoms with Crippen molar-refractivity contribution < 1.29 is 9.84 Å². The van der Waals surface area contributed by atoms with Gasteiger partial charge in [-0.05, 0) is 92.8 Å². The van der Waals surface area contributed by atoms with Gasteiger partial charge in [0.1, 0.15) is 0 Å². The van der Waals surface area contributed by atoms with E-state index in [1.54, 1.807) is 0 Å². The Balaban J connectivity index is 1.88. The van der Waals surface area contributed by atoms with E-state index in [1.165, 1.54) is 36.8 Å². The van der Waals surface area contributed by atoms with Crippen LogP contribution in [-0.2, 0) is 4.74 Å². The molecule has 3 aliphatic carbocycles. The molecule has 0 aromatic carbocycles. The molecule has 0 amide bonds. The molecule has 0 heterocycles. The van der Waals surface area contributed by atoms with Gasteiger partial charge < -0.3 is 9.84 Å². The van der Waals surface area contributed by atoms with Crippen molar-refractivity contribution in [2.75, 3.05) is 6.61 Å². The molecule has 0 bridgehead atoms. The van der Waals surface area contributed by atoms with Crippen molar-refractivity contribution in [1.29, 1.82) is 0 Å². The summed E-state index contributed by atoms with van der Waals surface area (Å²) in [6, 6.07) is 0. The van der Waals surface area contributed by atoms with E-state index in [0.29, 0.717) is 11.8 Å². The lowest BCUT2D eigenvalue weighted by Crippen LogP contribution is -2.44. The second kappa shape index (κ2) is 6.84. The molecule has 3 aliphatic rings. The number of hydrogen-bond acceptors (Lipinski definition) is 2. The average Bonchev–Trinajstić information content (AvgIpc) is 2.85. The van der Waals surface area contributed by atoms with Crippen molar-refractivity contribution in [2.45, 2.75) is 65.4 Å². The third-order valence-electron chi connectivity index (χ3n) is 6.78. The normalized spacial score (nSPS) is 40.7. The smallest absolute Gasteiger partial charge is 0.0845 e. The van der Waals surface area contributed by atoms with Crippen molar-refractivity contribution in [3.05, 3.63) is 35.6 Å². The molecule has 128 valence electrons. The third-order valence-corrected chi connectivity index (χ3v) is 6.78. The van der Waals surface area contributed by atoms with Crippen LogP contribution >= 0.6 is 0 Å². The SMILES string of the molecule is CC=CC1=C(C=COCC)CC[C@@H]2C1CC[C@@]1(C)C2CC[C@@H]1O. The molecule has 1 N–H and O–H groups in total. The van der Waals surface area contributed by atoms with E-state index in [4.69, 9.17) is 4.74 Å². The zero-order chi connectivity index (χ0) is 16.4. The van der Waals surface area contributed by atoms with Crippen molar-refractivity contribution in [2.24, 2.45) is 23.2 Å². The van der Waals surface area contributed by atoms with Crippen molar-refractivity contribution in [3.63, 3.8) is 0 Å². The molecule has 2 nitrogen and oxygen atoms in total. The Hall–Kier alpha value is -1.02. The minimum Gasteiger partial charge on any atom is -0.501 e. The molecule has 0 aromatic heterocycles. The fraction of sp³-hybridized carbons (Fsp3) is 0.714. The van der Waals surface area contributed by atoms with Crippen LogP contribution in [0.1, 0.15) is 59.3 Å². The number of aliphatic hydroxyl groups is 1. The Labute approximate surface area is 141 Å². The van der Waals surface area contributed by atoms with E-state index < -0.39 is 0 Å². The van der Waals surface area contributed by atoms with Gasteiger partial charge in [-0.25, -0.2) is 0 Å². The summed E-state index contributed by atoms with van der Waals surface area (Å²) in [5.74, 6) is 2.12. The molecule has 0 radical (unpaired) electrons. The average molecular weight is 316 g/mol. The number of fused-ring (bicyclic) bond motifs is 3. The minimum atomic E-state index is -0.0816. The zero-order valence-corrected chi connectivity index (χ0v) is 14.9. The standard InChI is InChI=1S/C21H32O2/c1-4-6-16-15(12-14-23-5-2)7-8-18-17(16)11-13-21(3)19(18)9-10-20(21)22/h4,6,12,14,17-20,22H,5,7-11,13H2,1-3H3/t17?,18-,19?,20+,21+/m1/s1. The first kappa shape index (κ1) is 16.8. The Bertz CT molecular complexity index is 516. The predicted octanol–water partition coefficient (Wildman–Crippen LogP) is 5.01. The van der Waals surface area contributed by atoms with Crippen LogP contribution in [0, 0.1) is 23.2 Å². The van der Waals surface area contributed by atoms with Crippen LogP contribution in [0.2, 0.25) is 0 Å². The van der Waals surface area contributed by atoms with Crippen molar-refractivity contribution in [1.82, 2.24) is 0 Å². The molecule has 0 aromatic rings. The Morgan fingerprint density at radius 2 is 2.04 bits per heavy atom. The van der Waals surface area contributed by atoms with E-state index >= 15 is 0 Å². The molecule has 2 saturated carbocycles. The molecule has 0 saturated heterocycles. The number of aliphatic hydroxyl groups excluding tert-OH is 1. The first-order valence-electron chi connectivity index (χ1n) is 9.43. The highest BCUT2D eigenvalue weighted by atomic mass is 16.5. The summed E-state index contributed by atoms with van der Waals surface area (Å²) >= 11 is 0. The second-order valence-electron chi connectivity index (χ2n) is 7.79. The van der Waals surface area contributed by atoms with E-state index in [2.05, 4.69) is 32.1 Å². The van der Waals surface area contributed by atoms with Crippen LogP contribution in [0.3, 0.4) is 0 Å². The van der Waals surface area contributed by atoms with E-state index in [9.17, 15) is 5.11 Å². The molecule has 2 unspecified atom stereocenters. The van der Waals surface area contributed by atoms with Gasteiger partial charge in [-0.15, -0.1) is 0 Å². The summed E-state index contributed by atoms with van der Waals surface area (Å²) in [7, 11) is 0. The summed E-state index contributed by atoms with van der Waals surface area (Å²) in [5.41, 5.74) is 3.16. The Morgan fingerprint density at radius 1 is 1.22 bits per heavy atom. The van der Waals surface area contributed by atoms with Gasteiger partial charge in [-0.1, -0.05) is 19.1 Å². The lowest BCUT2D eigenvalue weighted by Gasteiger charge is -2.50. The predicted molar refractivity (Wildman–Crippen MR) is 94.9 cm³/mol. The quantitative estimate of drug-likeness (QED) is 0.739. The molecule has 0 spiro atoms. The number of rotatable bonds is 4. The van der Waals surface area contributed by atoms with Crippen molar-refractivity contribution >= 4 is 0 Å². The Kier molecular flexibility index (Phi) is 5.01. The van der Waals surface area contributed by atoms with E-state index in [-0.39, 0.29) is 11.5 Å². The highest BCUT2D eigenvalue weighted by Crippen LogP contribution is 2.60. The molecule has 3 rings (SSSR count). The van der Waals surface area contributed by atoms with Gasteiger partial charge >= 0.3 is 0 Å². The molecule has 5 atom stereocenters. The topological polar surface area (TPSA) is 29.5 Å². The largest absolute Gasteiger partial charge is 0.501 e. The maximum absolute atomic E-state index is 10.5. The second-order valence-corrected chi connectivity index (χ2v) is 7.79. The van der Waals surface area contributed by atoms with Gasteiger partial charge in [0.25, 0.3) is 0 Å². The fourth-order valence-electron chi connectivity index (χ4n) is 5.57. The van der Waals surface area contributed by atoms with E-state index in [1.807, 2.05) is 13.2 Å². The molecular weight excluding hydrogens is 284 g/mol. The first-order chi connectivity index (χ1) is 11.1. The van der Waals surface area contributed by atoms with Crippen LogP contribution in [-0.4, -0.2) is 17.8 Å². The monoisotopic (exact) mass is 316 g/mol. The fourth-order valence-corrected chi connectivity index (χ4v) is 5.57. The van der Waals surface area contributed by atoms with Crippen LogP contribution in [0.15, 0.2) is 35.6 Å². The molecule has 2 heteroatoms. The van der Waals surface area contributed by atoms with Gasteiger partial charge in [-0.3, -0.25) is 0 Å². The number of ether oxygens (including phenoxy) is 1. The summed E-state index contributed by atoms with van der Waals surface area (Å²) < 4.78 is 5.43. The highest BCUT2D eigenvalue weighted by Gasteiger charge is 2.54. The maximum Gasteiger partial charge on any atom is 0.0845 e. The third kappa shape index (κ3) is 2.91. The molecule has 2 fully saturated rings. The molecule has 23 heavy (non-hydrogen) atoms. The molecular formula is C21H32O2. The number of hydrogen-bond donors (Lipinski definition) is 1. The first-order valence-corrected chi connectivity index (χ1v) is 9.43. The van der Waals surface area contributed by atoms with Gasteiger partial charge in [0.15, 0.2) is 0 Å². The maximum atomic E-state index is 10.5. The van der Waals surface area contributed by atoms with Crippen LogP contribution in [0.4, 0.5) is 0 Å².